The van der Waals surface area contributed by atoms with E-state index >= 15 is 0 Å². The van der Waals surface area contributed by atoms with E-state index in [1.165, 1.54) is 42.5 Å². The summed E-state index contributed by atoms with van der Waals surface area (Å²) in [6.07, 6.45) is -5.92. The summed E-state index contributed by atoms with van der Waals surface area (Å²) in [5, 5.41) is 2.33. The maximum atomic E-state index is 13.6. The lowest BCUT2D eigenvalue weighted by Crippen LogP contribution is -2.51. The van der Waals surface area contributed by atoms with Crippen molar-refractivity contribution in [3.8, 4) is 5.75 Å². The summed E-state index contributed by atoms with van der Waals surface area (Å²) in [7, 11) is 0. The lowest BCUT2D eigenvalue weighted by atomic mass is 10.1. The van der Waals surface area contributed by atoms with E-state index in [1.54, 1.807) is 0 Å². The van der Waals surface area contributed by atoms with Gasteiger partial charge in [0.15, 0.2) is 13.2 Å². The number of ether oxygens (including phenoxy) is 2. The molecule has 0 spiro atoms. The molecule has 0 saturated heterocycles. The van der Waals surface area contributed by atoms with Gasteiger partial charge in [0.05, 0.1) is 17.8 Å². The van der Waals surface area contributed by atoms with Gasteiger partial charge in [0.1, 0.15) is 17.6 Å². The number of fused-ring (bicyclic) bond motifs is 1. The molecule has 1 heterocycles. The van der Waals surface area contributed by atoms with Gasteiger partial charge >= 0.3 is 12.1 Å². The number of carbonyl (C=O) groups excluding carboxylic acids is 3. The molecule has 0 aliphatic carbocycles. The number of carbonyl (C=O) groups is 3. The molecule has 1 N–H and O–H groups in total. The molecule has 0 saturated carbocycles. The third-order valence-electron chi connectivity index (χ3n) is 4.28. The molecule has 1 aliphatic rings. The van der Waals surface area contributed by atoms with Gasteiger partial charge in [-0.3, -0.25) is 14.5 Å². The fraction of sp³-hybridized carbons (Fsp3) is 0.250. The number of halogens is 4. The van der Waals surface area contributed by atoms with Crippen molar-refractivity contribution < 1.29 is 41.4 Å². The van der Waals surface area contributed by atoms with Crippen molar-refractivity contribution in [1.82, 2.24) is 0 Å². The summed E-state index contributed by atoms with van der Waals surface area (Å²) in [5.41, 5.74) is -0.152. The molecule has 164 valence electrons. The minimum atomic E-state index is -4.91. The standard InChI is InChI=1S/C20H16F4N2O5/c21-12-4-3-5-13(8-12)30-11-19(29)31-10-18(28)26-15-7-2-1-6-14(15)25-17(27)9-16(26)20(22,23)24/h1-8,16H,9-11H2,(H,25,27). The van der Waals surface area contributed by atoms with E-state index in [4.69, 9.17) is 9.47 Å². The van der Waals surface area contributed by atoms with E-state index in [1.807, 2.05) is 0 Å². The predicted octanol–water partition coefficient (Wildman–Crippen LogP) is 3.05. The first-order valence-electron chi connectivity index (χ1n) is 8.97. The molecule has 2 aromatic carbocycles. The number of para-hydroxylation sites is 2. The smallest absolute Gasteiger partial charge is 0.409 e. The summed E-state index contributed by atoms with van der Waals surface area (Å²) < 4.78 is 63.7. The number of alkyl halides is 3. The van der Waals surface area contributed by atoms with Crippen LogP contribution in [-0.4, -0.2) is 43.2 Å². The monoisotopic (exact) mass is 440 g/mol. The van der Waals surface area contributed by atoms with E-state index in [2.05, 4.69) is 5.32 Å². The van der Waals surface area contributed by atoms with Crippen LogP contribution in [-0.2, 0) is 19.1 Å². The Morgan fingerprint density at radius 3 is 2.55 bits per heavy atom. The summed E-state index contributed by atoms with van der Waals surface area (Å²) in [4.78, 5) is 36.8. The molecule has 1 unspecified atom stereocenters. The first-order chi connectivity index (χ1) is 14.6. The van der Waals surface area contributed by atoms with Crippen LogP contribution in [0.25, 0.3) is 0 Å². The predicted molar refractivity (Wildman–Crippen MR) is 99.9 cm³/mol. The second kappa shape index (κ2) is 9.02. The molecule has 1 aliphatic heterocycles. The van der Waals surface area contributed by atoms with Gasteiger partial charge in [-0.25, -0.2) is 9.18 Å². The van der Waals surface area contributed by atoms with Crippen LogP contribution in [0, 0.1) is 5.82 Å². The van der Waals surface area contributed by atoms with Crippen LogP contribution in [0.3, 0.4) is 0 Å². The highest BCUT2D eigenvalue weighted by Gasteiger charge is 2.49. The Morgan fingerprint density at radius 1 is 1.10 bits per heavy atom. The molecule has 1 atom stereocenters. The minimum Gasteiger partial charge on any atom is -0.482 e. The van der Waals surface area contributed by atoms with Gasteiger partial charge in [-0.15, -0.1) is 0 Å². The van der Waals surface area contributed by atoms with Gasteiger partial charge in [0.25, 0.3) is 5.91 Å². The third-order valence-corrected chi connectivity index (χ3v) is 4.28. The maximum absolute atomic E-state index is 13.6. The first-order valence-corrected chi connectivity index (χ1v) is 8.97. The van der Waals surface area contributed by atoms with Crippen molar-refractivity contribution in [1.29, 1.82) is 0 Å². The van der Waals surface area contributed by atoms with Crippen molar-refractivity contribution in [3.05, 3.63) is 54.3 Å². The average Bonchev–Trinajstić information content (AvgIpc) is 2.86. The number of esters is 1. The van der Waals surface area contributed by atoms with Crippen LogP contribution in [0.2, 0.25) is 0 Å². The van der Waals surface area contributed by atoms with E-state index in [0.29, 0.717) is 4.90 Å². The summed E-state index contributed by atoms with van der Waals surface area (Å²) in [5.74, 6) is -3.69. The number of hydrogen-bond acceptors (Lipinski definition) is 5. The Balaban J connectivity index is 1.71. The molecule has 2 aromatic rings. The third kappa shape index (κ3) is 5.50. The number of anilines is 2. The fourth-order valence-corrected chi connectivity index (χ4v) is 2.95. The second-order valence-corrected chi connectivity index (χ2v) is 6.50. The summed E-state index contributed by atoms with van der Waals surface area (Å²) >= 11 is 0. The zero-order valence-corrected chi connectivity index (χ0v) is 15.8. The van der Waals surface area contributed by atoms with E-state index < -0.39 is 55.5 Å². The Morgan fingerprint density at radius 2 is 1.84 bits per heavy atom. The highest BCUT2D eigenvalue weighted by atomic mass is 19.4. The molecule has 0 aromatic heterocycles. The van der Waals surface area contributed by atoms with E-state index in [-0.39, 0.29) is 17.1 Å². The highest BCUT2D eigenvalue weighted by molar-refractivity contribution is 6.05. The molecular formula is C20H16F4N2O5. The van der Waals surface area contributed by atoms with Gasteiger partial charge < -0.3 is 14.8 Å². The normalized spacial score (nSPS) is 16.1. The van der Waals surface area contributed by atoms with Crippen LogP contribution in [0.15, 0.2) is 48.5 Å². The molecule has 11 heteroatoms. The number of hydrogen-bond donors (Lipinski definition) is 1. The molecule has 0 radical (unpaired) electrons. The highest BCUT2D eigenvalue weighted by Crippen LogP contribution is 2.37. The molecule has 7 nitrogen and oxygen atoms in total. The topological polar surface area (TPSA) is 84.9 Å². The SMILES string of the molecule is O=C1CC(C(F)(F)F)N(C(=O)COC(=O)COc2cccc(F)c2)c2ccccc2N1. The molecular weight excluding hydrogens is 424 g/mol. The van der Waals surface area contributed by atoms with Gasteiger partial charge in [-0.05, 0) is 24.3 Å². The Bertz CT molecular complexity index is 996. The second-order valence-electron chi connectivity index (χ2n) is 6.50. The molecule has 2 amide bonds. The van der Waals surface area contributed by atoms with Gasteiger partial charge in [-0.1, -0.05) is 18.2 Å². The van der Waals surface area contributed by atoms with Crippen LogP contribution < -0.4 is 15.0 Å². The Kier molecular flexibility index (Phi) is 6.42. The lowest BCUT2D eigenvalue weighted by Gasteiger charge is -2.31. The molecule has 0 fully saturated rings. The number of nitrogens with one attached hydrogen (secondary N) is 1. The first kappa shape index (κ1) is 22.1. The zero-order valence-electron chi connectivity index (χ0n) is 15.8. The van der Waals surface area contributed by atoms with Crippen LogP contribution >= 0.6 is 0 Å². The number of benzene rings is 2. The quantitative estimate of drug-likeness (QED) is 0.571. The molecule has 3 rings (SSSR count). The summed E-state index contributed by atoms with van der Waals surface area (Å²) in [6.45, 7) is -1.70. The minimum absolute atomic E-state index is 0.0216. The summed E-state index contributed by atoms with van der Waals surface area (Å²) in [6, 6.07) is 7.96. The molecule has 31 heavy (non-hydrogen) atoms. The van der Waals surface area contributed by atoms with Crippen LogP contribution in [0.4, 0.5) is 28.9 Å². The Hall–Kier alpha value is -3.63. The van der Waals surface area contributed by atoms with Crippen molar-refractivity contribution in [2.24, 2.45) is 0 Å². The van der Waals surface area contributed by atoms with Crippen molar-refractivity contribution in [3.63, 3.8) is 0 Å². The van der Waals surface area contributed by atoms with Gasteiger partial charge in [0.2, 0.25) is 5.91 Å². The van der Waals surface area contributed by atoms with Gasteiger partial charge in [-0.2, -0.15) is 13.2 Å². The number of amides is 2. The fourth-order valence-electron chi connectivity index (χ4n) is 2.95. The van der Waals surface area contributed by atoms with Crippen molar-refractivity contribution in [2.75, 3.05) is 23.4 Å². The largest absolute Gasteiger partial charge is 0.482 e. The average molecular weight is 440 g/mol. The van der Waals surface area contributed by atoms with Gasteiger partial charge in [0, 0.05) is 6.07 Å². The van der Waals surface area contributed by atoms with Crippen LogP contribution in [0.5, 0.6) is 5.75 Å². The van der Waals surface area contributed by atoms with Crippen LogP contribution in [0.1, 0.15) is 6.42 Å². The van der Waals surface area contributed by atoms with Crippen molar-refractivity contribution in [2.45, 2.75) is 18.6 Å². The zero-order chi connectivity index (χ0) is 22.6. The number of nitrogens with zero attached hydrogens (tertiary/aromatic N) is 1. The molecule has 0 bridgehead atoms. The Labute approximate surface area is 173 Å². The maximum Gasteiger partial charge on any atom is 0.409 e. The lowest BCUT2D eigenvalue weighted by molar-refractivity contribution is -0.160. The number of rotatable bonds is 5. The van der Waals surface area contributed by atoms with Crippen molar-refractivity contribution >= 4 is 29.2 Å². The van der Waals surface area contributed by atoms with E-state index in [0.717, 1.165) is 6.07 Å². The van der Waals surface area contributed by atoms with E-state index in [9.17, 15) is 31.9 Å².